The first-order valence-corrected chi connectivity index (χ1v) is 7.65. The van der Waals surface area contributed by atoms with E-state index in [0.717, 1.165) is 10.6 Å². The van der Waals surface area contributed by atoms with Crippen LogP contribution in [0.25, 0.3) is 0 Å². The van der Waals surface area contributed by atoms with Crippen LogP contribution in [0.2, 0.25) is 0 Å². The predicted octanol–water partition coefficient (Wildman–Crippen LogP) is 2.44. The zero-order valence-electron chi connectivity index (χ0n) is 11.9. The summed E-state index contributed by atoms with van der Waals surface area (Å²) in [6, 6.07) is 5.69. The normalized spacial score (nSPS) is 13.6. The highest BCUT2D eigenvalue weighted by Crippen LogP contribution is 2.29. The molecular weight excluding hydrogens is 305 g/mol. The molecule has 114 valence electrons. The molecule has 1 N–H and O–H groups in total. The molecule has 1 aromatic heterocycles. The van der Waals surface area contributed by atoms with Crippen molar-refractivity contribution in [2.75, 3.05) is 11.9 Å². The number of nitrogens with zero attached hydrogens (tertiary/aromatic N) is 2. The van der Waals surface area contributed by atoms with Crippen molar-refractivity contribution >= 4 is 28.3 Å². The Hall–Kier alpha value is -2.28. The Bertz CT molecular complexity index is 744. The molecule has 1 aromatic carbocycles. The van der Waals surface area contributed by atoms with Crippen LogP contribution in [0.5, 0.6) is 0 Å². The summed E-state index contributed by atoms with van der Waals surface area (Å²) in [6.45, 7) is 2.40. The summed E-state index contributed by atoms with van der Waals surface area (Å²) in [5.74, 6) is -0.785. The van der Waals surface area contributed by atoms with Gasteiger partial charge in [-0.25, -0.2) is 9.37 Å². The Morgan fingerprint density at radius 2 is 2.23 bits per heavy atom. The van der Waals surface area contributed by atoms with Gasteiger partial charge in [-0.05, 0) is 18.2 Å². The second-order valence-electron chi connectivity index (χ2n) is 5.06. The van der Waals surface area contributed by atoms with Crippen molar-refractivity contribution in [3.05, 3.63) is 46.2 Å². The van der Waals surface area contributed by atoms with E-state index in [2.05, 4.69) is 10.3 Å². The van der Waals surface area contributed by atoms with Crippen molar-refractivity contribution in [1.29, 1.82) is 0 Å². The Morgan fingerprint density at radius 3 is 2.95 bits per heavy atom. The molecule has 3 rings (SSSR count). The van der Waals surface area contributed by atoms with E-state index in [4.69, 9.17) is 0 Å². The fourth-order valence-electron chi connectivity index (χ4n) is 2.38. The maximum atomic E-state index is 13.2. The summed E-state index contributed by atoms with van der Waals surface area (Å²) in [4.78, 5) is 30.5. The third-order valence-electron chi connectivity index (χ3n) is 3.37. The number of nitrogens with one attached hydrogen (secondary N) is 1. The van der Waals surface area contributed by atoms with Crippen molar-refractivity contribution in [3.63, 3.8) is 0 Å². The van der Waals surface area contributed by atoms with Crippen molar-refractivity contribution in [1.82, 2.24) is 9.88 Å². The average molecular weight is 319 g/mol. The minimum atomic E-state index is -0.422. The van der Waals surface area contributed by atoms with Gasteiger partial charge in [0.05, 0.1) is 12.2 Å². The molecule has 0 spiro atoms. The second kappa shape index (κ2) is 5.84. The highest BCUT2D eigenvalue weighted by molar-refractivity contribution is 7.15. The molecule has 0 unspecified atom stereocenters. The molecule has 22 heavy (non-hydrogen) atoms. The van der Waals surface area contributed by atoms with Crippen molar-refractivity contribution in [2.24, 2.45) is 0 Å². The zero-order chi connectivity index (χ0) is 15.7. The van der Waals surface area contributed by atoms with Crippen LogP contribution in [0.4, 0.5) is 9.52 Å². The Morgan fingerprint density at radius 1 is 1.41 bits per heavy atom. The van der Waals surface area contributed by atoms with Crippen molar-refractivity contribution in [2.45, 2.75) is 19.9 Å². The van der Waals surface area contributed by atoms with Crippen molar-refractivity contribution < 1.29 is 14.0 Å². The van der Waals surface area contributed by atoms with Crippen LogP contribution >= 0.6 is 11.3 Å². The van der Waals surface area contributed by atoms with Crippen LogP contribution in [0, 0.1) is 5.82 Å². The molecule has 0 fully saturated rings. The van der Waals surface area contributed by atoms with E-state index in [0.29, 0.717) is 30.2 Å². The number of amides is 2. The maximum absolute atomic E-state index is 13.2. The number of rotatable bonds is 2. The number of hydrogen-bond acceptors (Lipinski definition) is 4. The summed E-state index contributed by atoms with van der Waals surface area (Å²) in [6.07, 6.45) is 0.631. The average Bonchev–Trinajstić information content (AvgIpc) is 2.86. The van der Waals surface area contributed by atoms with E-state index in [1.165, 1.54) is 36.5 Å². The number of fused-ring (bicyclic) bond motifs is 1. The fourth-order valence-corrected chi connectivity index (χ4v) is 3.45. The van der Waals surface area contributed by atoms with Crippen LogP contribution in [0.3, 0.4) is 0 Å². The van der Waals surface area contributed by atoms with Gasteiger partial charge in [-0.1, -0.05) is 17.4 Å². The van der Waals surface area contributed by atoms with Gasteiger partial charge in [0.2, 0.25) is 5.91 Å². The number of carbonyl (C=O) groups is 2. The van der Waals surface area contributed by atoms with Crippen LogP contribution in [-0.2, 0) is 17.8 Å². The Kier molecular flexibility index (Phi) is 3.89. The molecule has 0 saturated heterocycles. The molecule has 2 aromatic rings. The smallest absolute Gasteiger partial charge is 0.254 e. The number of anilines is 1. The first kappa shape index (κ1) is 14.6. The van der Waals surface area contributed by atoms with Crippen LogP contribution in [-0.4, -0.2) is 28.2 Å². The van der Waals surface area contributed by atoms with Gasteiger partial charge < -0.3 is 10.2 Å². The fraction of sp³-hybridized carbons (Fsp3) is 0.267. The standard InChI is InChI=1S/C15H14FN3O2S/c1-9(20)17-15-18-12-5-6-19(8-13(12)22-15)14(21)10-3-2-4-11(16)7-10/h2-4,7H,5-6,8H2,1H3,(H,17,18,20). The summed E-state index contributed by atoms with van der Waals surface area (Å²) in [5.41, 5.74) is 1.26. The number of carbonyl (C=O) groups excluding carboxylic acids is 2. The third kappa shape index (κ3) is 2.99. The molecule has 7 heteroatoms. The molecule has 0 aliphatic carbocycles. The van der Waals surface area contributed by atoms with E-state index >= 15 is 0 Å². The topological polar surface area (TPSA) is 62.3 Å². The first-order valence-electron chi connectivity index (χ1n) is 6.84. The zero-order valence-corrected chi connectivity index (χ0v) is 12.7. The van der Waals surface area contributed by atoms with Crippen LogP contribution in [0.15, 0.2) is 24.3 Å². The van der Waals surface area contributed by atoms with Gasteiger partial charge in [0, 0.05) is 30.3 Å². The van der Waals surface area contributed by atoms with E-state index < -0.39 is 5.82 Å². The minimum Gasteiger partial charge on any atom is -0.333 e. The monoisotopic (exact) mass is 319 g/mol. The Labute approximate surface area is 130 Å². The lowest BCUT2D eigenvalue weighted by molar-refractivity contribution is -0.114. The van der Waals surface area contributed by atoms with Crippen LogP contribution in [0.1, 0.15) is 27.9 Å². The quantitative estimate of drug-likeness (QED) is 0.925. The molecule has 2 heterocycles. The summed E-state index contributed by atoms with van der Waals surface area (Å²) in [5, 5.41) is 3.21. The highest BCUT2D eigenvalue weighted by atomic mass is 32.1. The van der Waals surface area contributed by atoms with E-state index in [9.17, 15) is 14.0 Å². The summed E-state index contributed by atoms with van der Waals surface area (Å²) >= 11 is 1.37. The lowest BCUT2D eigenvalue weighted by Gasteiger charge is -2.26. The van der Waals surface area contributed by atoms with Gasteiger partial charge in [0.15, 0.2) is 5.13 Å². The van der Waals surface area contributed by atoms with Crippen molar-refractivity contribution in [3.8, 4) is 0 Å². The first-order chi connectivity index (χ1) is 10.5. The molecule has 0 radical (unpaired) electrons. The minimum absolute atomic E-state index is 0.168. The van der Waals surface area contributed by atoms with Gasteiger partial charge in [0.1, 0.15) is 5.82 Å². The van der Waals surface area contributed by atoms with Gasteiger partial charge in [0.25, 0.3) is 5.91 Å². The van der Waals surface area contributed by atoms with E-state index in [-0.39, 0.29) is 11.8 Å². The number of halogens is 1. The number of thiazole rings is 1. The second-order valence-corrected chi connectivity index (χ2v) is 6.14. The lowest BCUT2D eigenvalue weighted by Crippen LogP contribution is -2.35. The number of hydrogen-bond donors (Lipinski definition) is 1. The van der Waals surface area contributed by atoms with Gasteiger partial charge >= 0.3 is 0 Å². The SMILES string of the molecule is CC(=O)Nc1nc2c(s1)CN(C(=O)c1cccc(F)c1)CC2. The molecule has 0 saturated carbocycles. The molecule has 5 nitrogen and oxygen atoms in total. The molecule has 1 aliphatic heterocycles. The molecule has 0 bridgehead atoms. The molecule has 0 atom stereocenters. The molecular formula is C15H14FN3O2S. The number of benzene rings is 1. The third-order valence-corrected chi connectivity index (χ3v) is 4.37. The molecule has 2 amide bonds. The lowest BCUT2D eigenvalue weighted by atomic mass is 10.1. The van der Waals surface area contributed by atoms with Gasteiger partial charge in [-0.2, -0.15) is 0 Å². The van der Waals surface area contributed by atoms with Crippen LogP contribution < -0.4 is 5.32 Å². The van der Waals surface area contributed by atoms with E-state index in [1.54, 1.807) is 11.0 Å². The molecule has 1 aliphatic rings. The number of aromatic nitrogens is 1. The largest absolute Gasteiger partial charge is 0.333 e. The van der Waals surface area contributed by atoms with E-state index in [1.807, 2.05) is 0 Å². The summed E-state index contributed by atoms with van der Waals surface area (Å²) < 4.78 is 13.2. The Balaban J connectivity index is 1.77. The maximum Gasteiger partial charge on any atom is 0.254 e. The van der Waals surface area contributed by atoms with Gasteiger partial charge in [-0.3, -0.25) is 9.59 Å². The summed E-state index contributed by atoms with van der Waals surface area (Å²) in [7, 11) is 0. The van der Waals surface area contributed by atoms with Gasteiger partial charge in [-0.15, -0.1) is 0 Å². The highest BCUT2D eigenvalue weighted by Gasteiger charge is 2.25. The predicted molar refractivity (Wildman–Crippen MR) is 81.3 cm³/mol.